The van der Waals surface area contributed by atoms with Crippen LogP contribution < -0.4 is 4.90 Å². The van der Waals surface area contributed by atoms with Crippen molar-refractivity contribution >= 4 is 39.0 Å². The van der Waals surface area contributed by atoms with E-state index in [1.807, 2.05) is 12.1 Å². The van der Waals surface area contributed by atoms with Crippen LogP contribution in [0.15, 0.2) is 217 Å². The Hall–Kier alpha value is -8.20. The van der Waals surface area contributed by atoms with Crippen LogP contribution in [-0.2, 0) is 5.41 Å². The Morgan fingerprint density at radius 3 is 1.54 bits per heavy atom. The van der Waals surface area contributed by atoms with E-state index in [2.05, 4.69) is 233 Å². The minimum absolute atomic E-state index is 0.386. The number of furan rings is 1. The molecule has 0 bridgehead atoms. The molecule has 0 N–H and O–H groups in total. The van der Waals surface area contributed by atoms with Gasteiger partial charge in [0.25, 0.3) is 0 Å². The standard InChI is InChI=1S/C65H47NO/c1-40-37-57-60(39-41(40)2)65(58-22-11-8-17-52(58)53-18-9-12-23-59(53)65)63-43(4)42(3)38-56(62(57)63)47-27-25-44(26-28-47)45-29-33-49(34-30-45)66(48-15-6-5-7-16-48)50-35-31-46(32-36-50)51-20-14-21-55-54-19-10-13-24-61(54)67-64(51)55/h5-39H,1-4H3. The fraction of sp³-hybridized carbons (Fsp3) is 0.0769. The van der Waals surface area contributed by atoms with Crippen LogP contribution in [0.1, 0.15) is 44.5 Å². The molecule has 1 aromatic heterocycles. The van der Waals surface area contributed by atoms with Gasteiger partial charge in [-0.2, -0.15) is 0 Å². The average Bonchev–Trinajstić information content (AvgIpc) is 4.00. The predicted molar refractivity (Wildman–Crippen MR) is 280 cm³/mol. The minimum Gasteiger partial charge on any atom is -0.455 e. The first-order chi connectivity index (χ1) is 32.9. The molecule has 0 unspecified atom stereocenters. The van der Waals surface area contributed by atoms with Gasteiger partial charge in [-0.05, 0) is 165 Å². The molecular weight excluding hydrogens is 811 g/mol. The van der Waals surface area contributed by atoms with E-state index in [0.29, 0.717) is 0 Å². The smallest absolute Gasteiger partial charge is 0.143 e. The van der Waals surface area contributed by atoms with Crippen LogP contribution in [0.3, 0.4) is 0 Å². The lowest BCUT2D eigenvalue weighted by Gasteiger charge is -2.32. The molecule has 0 amide bonds. The molecule has 67 heavy (non-hydrogen) atoms. The molecule has 0 radical (unpaired) electrons. The Morgan fingerprint density at radius 2 is 0.851 bits per heavy atom. The van der Waals surface area contributed by atoms with Crippen molar-refractivity contribution in [1.82, 2.24) is 0 Å². The van der Waals surface area contributed by atoms with Gasteiger partial charge in [-0.15, -0.1) is 0 Å². The lowest BCUT2D eigenvalue weighted by atomic mass is 9.68. The van der Waals surface area contributed by atoms with Crippen molar-refractivity contribution in [1.29, 1.82) is 0 Å². The molecule has 10 aromatic carbocycles. The quantitative estimate of drug-likeness (QED) is 0.166. The fourth-order valence-corrected chi connectivity index (χ4v) is 11.6. The lowest BCUT2D eigenvalue weighted by Crippen LogP contribution is -2.27. The van der Waals surface area contributed by atoms with Gasteiger partial charge >= 0.3 is 0 Å². The van der Waals surface area contributed by atoms with Gasteiger partial charge in [0.2, 0.25) is 0 Å². The number of para-hydroxylation sites is 3. The van der Waals surface area contributed by atoms with Gasteiger partial charge in [0, 0.05) is 33.4 Å². The second-order valence-corrected chi connectivity index (χ2v) is 18.6. The highest BCUT2D eigenvalue weighted by atomic mass is 16.3. The number of anilines is 3. The zero-order valence-corrected chi connectivity index (χ0v) is 38.1. The summed E-state index contributed by atoms with van der Waals surface area (Å²) in [7, 11) is 0. The molecule has 1 heterocycles. The molecule has 0 aliphatic heterocycles. The summed E-state index contributed by atoms with van der Waals surface area (Å²) in [6.45, 7) is 9.17. The molecule has 2 aliphatic rings. The van der Waals surface area contributed by atoms with E-state index in [1.165, 1.54) is 89.0 Å². The van der Waals surface area contributed by atoms with Crippen LogP contribution in [0.25, 0.3) is 77.6 Å². The third kappa shape index (κ3) is 5.76. The van der Waals surface area contributed by atoms with E-state index < -0.39 is 0 Å². The molecule has 0 saturated heterocycles. The summed E-state index contributed by atoms with van der Waals surface area (Å²) < 4.78 is 6.41. The zero-order chi connectivity index (χ0) is 45.0. The summed E-state index contributed by atoms with van der Waals surface area (Å²) in [5.74, 6) is 0. The van der Waals surface area contributed by atoms with Crippen LogP contribution in [0.4, 0.5) is 17.1 Å². The monoisotopic (exact) mass is 857 g/mol. The fourth-order valence-electron chi connectivity index (χ4n) is 11.6. The van der Waals surface area contributed by atoms with Crippen molar-refractivity contribution < 1.29 is 4.42 Å². The SMILES string of the molecule is Cc1cc2c(cc1C)C1(c3ccccc3-c3ccccc31)c1c(C)c(C)cc(-c3ccc(-c4ccc(N(c5ccccc5)c5ccc(-c6cccc7c6oc6ccccc67)cc5)cc4)cc3)c1-2. The van der Waals surface area contributed by atoms with Gasteiger partial charge < -0.3 is 9.32 Å². The number of rotatable bonds is 6. The number of hydrogen-bond acceptors (Lipinski definition) is 2. The zero-order valence-electron chi connectivity index (χ0n) is 38.1. The third-order valence-electron chi connectivity index (χ3n) is 15.0. The molecule has 2 aliphatic carbocycles. The molecule has 11 aromatic rings. The molecule has 0 atom stereocenters. The van der Waals surface area contributed by atoms with Gasteiger partial charge in [0.05, 0.1) is 5.41 Å². The van der Waals surface area contributed by atoms with Crippen molar-refractivity contribution in [3.05, 3.63) is 257 Å². The largest absolute Gasteiger partial charge is 0.455 e. The highest BCUT2D eigenvalue weighted by Crippen LogP contribution is 2.65. The molecular formula is C65H47NO. The summed E-state index contributed by atoms with van der Waals surface area (Å²) in [6, 6.07) is 78.1. The molecule has 1 spiro atoms. The molecule has 318 valence electrons. The van der Waals surface area contributed by atoms with Crippen molar-refractivity contribution in [2.45, 2.75) is 33.1 Å². The van der Waals surface area contributed by atoms with Crippen molar-refractivity contribution in [2.24, 2.45) is 0 Å². The van der Waals surface area contributed by atoms with Gasteiger partial charge in [-0.1, -0.05) is 170 Å². The maximum Gasteiger partial charge on any atom is 0.143 e. The van der Waals surface area contributed by atoms with Crippen LogP contribution in [-0.4, -0.2) is 0 Å². The van der Waals surface area contributed by atoms with Gasteiger partial charge in [0.1, 0.15) is 11.2 Å². The van der Waals surface area contributed by atoms with Crippen LogP contribution in [0, 0.1) is 27.7 Å². The van der Waals surface area contributed by atoms with E-state index in [-0.39, 0.29) is 5.41 Å². The Balaban J connectivity index is 0.870. The Labute approximate surface area is 392 Å². The normalized spacial score (nSPS) is 12.9. The summed E-state index contributed by atoms with van der Waals surface area (Å²) in [6.07, 6.45) is 0. The van der Waals surface area contributed by atoms with E-state index in [9.17, 15) is 0 Å². The maximum atomic E-state index is 6.41. The van der Waals surface area contributed by atoms with Gasteiger partial charge in [0.15, 0.2) is 0 Å². The van der Waals surface area contributed by atoms with E-state index in [0.717, 1.165) is 50.1 Å². The lowest BCUT2D eigenvalue weighted by molar-refractivity contribution is 0.670. The predicted octanol–water partition coefficient (Wildman–Crippen LogP) is 17.6. The van der Waals surface area contributed by atoms with E-state index in [4.69, 9.17) is 4.42 Å². The summed E-state index contributed by atoms with van der Waals surface area (Å²) in [5, 5.41) is 2.28. The molecule has 2 heteroatoms. The second-order valence-electron chi connectivity index (χ2n) is 18.6. The first kappa shape index (κ1) is 39.2. The van der Waals surface area contributed by atoms with Crippen molar-refractivity contribution in [3.63, 3.8) is 0 Å². The highest BCUT2D eigenvalue weighted by molar-refractivity contribution is 6.09. The summed E-state index contributed by atoms with van der Waals surface area (Å²) in [5.41, 5.74) is 28.2. The van der Waals surface area contributed by atoms with Crippen LogP contribution >= 0.6 is 0 Å². The number of hydrogen-bond donors (Lipinski definition) is 0. The molecule has 13 rings (SSSR count). The first-order valence-corrected chi connectivity index (χ1v) is 23.4. The molecule has 2 nitrogen and oxygen atoms in total. The molecule has 0 fully saturated rings. The Morgan fingerprint density at radius 1 is 0.358 bits per heavy atom. The topological polar surface area (TPSA) is 16.4 Å². The minimum atomic E-state index is -0.386. The van der Waals surface area contributed by atoms with Gasteiger partial charge in [-0.25, -0.2) is 0 Å². The van der Waals surface area contributed by atoms with E-state index >= 15 is 0 Å². The molecule has 0 saturated carbocycles. The number of nitrogens with zero attached hydrogens (tertiary/aromatic N) is 1. The van der Waals surface area contributed by atoms with E-state index in [1.54, 1.807) is 0 Å². The highest BCUT2D eigenvalue weighted by Gasteiger charge is 2.53. The van der Waals surface area contributed by atoms with Crippen molar-refractivity contribution in [3.8, 4) is 55.6 Å². The number of fused-ring (bicyclic) bond motifs is 13. The maximum absolute atomic E-state index is 6.41. The summed E-state index contributed by atoms with van der Waals surface area (Å²) in [4.78, 5) is 2.33. The Kier molecular flexibility index (Phi) is 8.73. The van der Waals surface area contributed by atoms with Gasteiger partial charge in [-0.3, -0.25) is 0 Å². The number of aryl methyl sites for hydroxylation is 3. The Bertz CT molecular complexity index is 3720. The number of benzene rings is 10. The third-order valence-corrected chi connectivity index (χ3v) is 15.0. The first-order valence-electron chi connectivity index (χ1n) is 23.4. The summed E-state index contributed by atoms with van der Waals surface area (Å²) >= 11 is 0. The van der Waals surface area contributed by atoms with Crippen LogP contribution in [0.2, 0.25) is 0 Å². The average molecular weight is 858 g/mol. The van der Waals surface area contributed by atoms with Crippen LogP contribution in [0.5, 0.6) is 0 Å². The van der Waals surface area contributed by atoms with Crippen molar-refractivity contribution in [2.75, 3.05) is 4.90 Å². The second kappa shape index (κ2) is 14.9.